The molecule has 0 bridgehead atoms. The average molecular weight is 468 g/mol. The van der Waals surface area contributed by atoms with Crippen LogP contribution < -0.4 is 20.7 Å². The normalized spacial score (nSPS) is 11.4. The third-order valence-corrected chi connectivity index (χ3v) is 5.11. The van der Waals surface area contributed by atoms with E-state index in [4.69, 9.17) is 4.74 Å². The number of halogens is 2. The first kappa shape index (κ1) is 24.7. The van der Waals surface area contributed by atoms with Crippen molar-refractivity contribution in [2.45, 2.75) is 19.4 Å². The third kappa shape index (κ3) is 7.30. The first-order valence-electron chi connectivity index (χ1n) is 10.8. The molecule has 178 valence electrons. The highest BCUT2D eigenvalue weighted by Crippen LogP contribution is 2.15. The molecule has 0 radical (unpaired) electrons. The number of nitrogens with one attached hydrogen (secondary N) is 3. The Balaban J connectivity index is 1.64. The molecule has 0 saturated heterocycles. The zero-order chi connectivity index (χ0) is 24.5. The number of ether oxygens (including phenoxy) is 1. The van der Waals surface area contributed by atoms with Gasteiger partial charge in [0.05, 0.1) is 7.11 Å². The summed E-state index contributed by atoms with van der Waals surface area (Å²) in [5.74, 6) is -1.66. The molecule has 3 N–H and O–H groups in total. The van der Waals surface area contributed by atoms with E-state index in [9.17, 15) is 18.4 Å². The molecule has 6 nitrogen and oxygen atoms in total. The minimum absolute atomic E-state index is 0.0655. The largest absolute Gasteiger partial charge is 0.497 e. The van der Waals surface area contributed by atoms with Crippen LogP contribution >= 0.6 is 0 Å². The van der Waals surface area contributed by atoms with Gasteiger partial charge in [0.2, 0.25) is 5.91 Å². The second-order valence-electron chi connectivity index (χ2n) is 7.82. The Kier molecular flexibility index (Phi) is 8.56. The average Bonchev–Trinajstić information content (AvgIpc) is 2.81. The van der Waals surface area contributed by atoms with Crippen LogP contribution in [0.25, 0.3) is 0 Å². The zero-order valence-electron chi connectivity index (χ0n) is 19.0. The van der Waals surface area contributed by atoms with E-state index in [1.165, 1.54) is 0 Å². The van der Waals surface area contributed by atoms with E-state index in [0.29, 0.717) is 12.1 Å². The summed E-state index contributed by atoms with van der Waals surface area (Å²) in [6.45, 7) is 2.57. The lowest BCUT2D eigenvalue weighted by atomic mass is 10.0. The molecule has 1 atom stereocenters. The fourth-order valence-corrected chi connectivity index (χ4v) is 3.43. The van der Waals surface area contributed by atoms with Crippen LogP contribution in [-0.2, 0) is 11.2 Å². The van der Waals surface area contributed by atoms with Gasteiger partial charge in [-0.15, -0.1) is 0 Å². The van der Waals surface area contributed by atoms with E-state index in [0.717, 1.165) is 35.2 Å². The number of anilines is 1. The van der Waals surface area contributed by atoms with Gasteiger partial charge in [0.25, 0.3) is 5.91 Å². The molecular weight excluding hydrogens is 440 g/mol. The van der Waals surface area contributed by atoms with Crippen molar-refractivity contribution in [1.29, 1.82) is 0 Å². The summed E-state index contributed by atoms with van der Waals surface area (Å²) in [7, 11) is 1.59. The van der Waals surface area contributed by atoms with Gasteiger partial charge < -0.3 is 20.7 Å². The van der Waals surface area contributed by atoms with E-state index in [2.05, 4.69) is 16.0 Å². The highest BCUT2D eigenvalue weighted by molar-refractivity contribution is 5.97. The molecule has 0 spiro atoms. The Morgan fingerprint density at radius 1 is 0.941 bits per heavy atom. The minimum Gasteiger partial charge on any atom is -0.497 e. The summed E-state index contributed by atoms with van der Waals surface area (Å²) in [4.78, 5) is 25.6. The number of rotatable bonds is 10. The van der Waals surface area contributed by atoms with Crippen molar-refractivity contribution in [1.82, 2.24) is 10.6 Å². The molecule has 0 heterocycles. The Morgan fingerprint density at radius 2 is 1.65 bits per heavy atom. The number of carbonyl (C=O) groups is 2. The quantitative estimate of drug-likeness (QED) is 0.396. The molecule has 0 aliphatic heterocycles. The van der Waals surface area contributed by atoms with Crippen LogP contribution in [0.3, 0.4) is 0 Å². The van der Waals surface area contributed by atoms with Crippen LogP contribution in [0.1, 0.15) is 21.5 Å². The van der Waals surface area contributed by atoms with Crippen molar-refractivity contribution in [2.24, 2.45) is 0 Å². The lowest BCUT2D eigenvalue weighted by Gasteiger charge is -2.19. The Labute approximate surface area is 197 Å². The summed E-state index contributed by atoms with van der Waals surface area (Å²) in [6.07, 6.45) is -0.0655. The molecule has 0 aromatic heterocycles. The van der Waals surface area contributed by atoms with Gasteiger partial charge in [0.15, 0.2) is 0 Å². The van der Waals surface area contributed by atoms with Crippen molar-refractivity contribution in [2.75, 3.05) is 25.5 Å². The molecule has 3 rings (SSSR count). The highest BCUT2D eigenvalue weighted by Gasteiger charge is 2.22. The molecule has 0 aliphatic carbocycles. The van der Waals surface area contributed by atoms with Crippen molar-refractivity contribution >= 4 is 17.5 Å². The molecule has 34 heavy (non-hydrogen) atoms. The van der Waals surface area contributed by atoms with Crippen molar-refractivity contribution < 1.29 is 23.1 Å². The summed E-state index contributed by atoms with van der Waals surface area (Å²) >= 11 is 0. The number of methoxy groups -OCH3 is 1. The molecule has 0 aliphatic rings. The molecule has 3 aromatic carbocycles. The first-order valence-corrected chi connectivity index (χ1v) is 10.8. The number of hydrogen-bond acceptors (Lipinski definition) is 4. The van der Waals surface area contributed by atoms with Crippen LogP contribution in [0.15, 0.2) is 66.7 Å². The Hall–Kier alpha value is -3.94. The van der Waals surface area contributed by atoms with Crippen molar-refractivity contribution in [3.05, 3.63) is 95.1 Å². The second-order valence-corrected chi connectivity index (χ2v) is 7.82. The van der Waals surface area contributed by atoms with Crippen molar-refractivity contribution in [3.63, 3.8) is 0 Å². The monoisotopic (exact) mass is 467 g/mol. The highest BCUT2D eigenvalue weighted by atomic mass is 19.1. The summed E-state index contributed by atoms with van der Waals surface area (Å²) in [5.41, 5.74) is 2.41. The smallest absolute Gasteiger partial charge is 0.251 e. The van der Waals surface area contributed by atoms with Gasteiger partial charge in [0.1, 0.15) is 23.4 Å². The molecule has 0 saturated carbocycles. The van der Waals surface area contributed by atoms with Gasteiger partial charge in [-0.3, -0.25) is 9.59 Å². The zero-order valence-corrected chi connectivity index (χ0v) is 19.0. The van der Waals surface area contributed by atoms with Crippen LogP contribution in [0.2, 0.25) is 0 Å². The molecule has 0 fully saturated rings. The molecule has 2 amide bonds. The lowest BCUT2D eigenvalue weighted by molar-refractivity contribution is -0.122. The maximum Gasteiger partial charge on any atom is 0.251 e. The minimum atomic E-state index is -1.02. The topological polar surface area (TPSA) is 79.5 Å². The Bertz CT molecular complexity index is 1120. The van der Waals surface area contributed by atoms with Gasteiger partial charge in [-0.2, -0.15) is 0 Å². The number of amides is 2. The van der Waals surface area contributed by atoms with Gasteiger partial charge in [-0.05, 0) is 61.0 Å². The van der Waals surface area contributed by atoms with Crippen LogP contribution in [0.4, 0.5) is 14.5 Å². The van der Waals surface area contributed by atoms with Gasteiger partial charge in [-0.25, -0.2) is 8.78 Å². The summed E-state index contributed by atoms with van der Waals surface area (Å²) in [6, 6.07) is 16.3. The second kappa shape index (κ2) is 11.8. The predicted octanol–water partition coefficient (Wildman–Crippen LogP) is 3.85. The van der Waals surface area contributed by atoms with Crippen LogP contribution in [0.5, 0.6) is 5.75 Å². The molecule has 0 unspecified atom stereocenters. The van der Waals surface area contributed by atoms with Crippen molar-refractivity contribution in [3.8, 4) is 5.75 Å². The SMILES string of the molecule is COc1ccc(NCCNC(=O)[C@H](Cc2cc(F)cc(F)c2)NC(=O)c2cccc(C)c2)cc1. The fourth-order valence-electron chi connectivity index (χ4n) is 3.43. The van der Waals surface area contributed by atoms with E-state index in [1.54, 1.807) is 25.3 Å². The summed E-state index contributed by atoms with van der Waals surface area (Å²) < 4.78 is 32.4. The molecule has 8 heteroatoms. The van der Waals surface area contributed by atoms with Gasteiger partial charge in [0, 0.05) is 36.8 Å². The van der Waals surface area contributed by atoms with Crippen LogP contribution in [-0.4, -0.2) is 38.1 Å². The van der Waals surface area contributed by atoms with E-state index >= 15 is 0 Å². The Morgan fingerprint density at radius 3 is 2.29 bits per heavy atom. The first-order chi connectivity index (χ1) is 16.3. The van der Waals surface area contributed by atoms with Gasteiger partial charge >= 0.3 is 0 Å². The maximum absolute atomic E-state index is 13.7. The molecule has 3 aromatic rings. The van der Waals surface area contributed by atoms with E-state index < -0.39 is 29.5 Å². The fraction of sp³-hybridized carbons (Fsp3) is 0.231. The number of aryl methyl sites for hydroxylation is 1. The predicted molar refractivity (Wildman–Crippen MR) is 127 cm³/mol. The number of carbonyl (C=O) groups excluding carboxylic acids is 2. The number of benzene rings is 3. The number of hydrogen-bond donors (Lipinski definition) is 3. The lowest BCUT2D eigenvalue weighted by Crippen LogP contribution is -2.48. The summed E-state index contributed by atoms with van der Waals surface area (Å²) in [5, 5.41) is 8.62. The van der Waals surface area contributed by atoms with E-state index in [1.807, 2.05) is 37.3 Å². The van der Waals surface area contributed by atoms with Gasteiger partial charge in [-0.1, -0.05) is 17.7 Å². The third-order valence-electron chi connectivity index (χ3n) is 5.11. The standard InChI is InChI=1S/C26H27F2N3O3/c1-17-4-3-5-19(12-17)25(32)31-24(15-18-13-20(27)16-21(28)14-18)26(33)30-11-10-29-22-6-8-23(34-2)9-7-22/h3-9,12-14,16,24,29H,10-11,15H2,1-2H3,(H,30,33)(H,31,32)/t24-/m0/s1. The molecular formula is C26H27F2N3O3. The van der Waals surface area contributed by atoms with E-state index in [-0.39, 0.29) is 18.5 Å². The maximum atomic E-state index is 13.7. The van der Waals surface area contributed by atoms with Crippen LogP contribution in [0, 0.1) is 18.6 Å².